The Balaban J connectivity index is 2.55. The molecule has 0 aromatic carbocycles. The number of hydrogen-bond donors (Lipinski definition) is 1. The molecule has 0 spiro atoms. The van der Waals surface area contributed by atoms with Crippen LogP contribution in [0.25, 0.3) is 0 Å². The van der Waals surface area contributed by atoms with Gasteiger partial charge >= 0.3 is 6.18 Å². The number of primary amides is 1. The topological polar surface area (TPSA) is 63.4 Å². The van der Waals surface area contributed by atoms with Crippen molar-refractivity contribution in [1.82, 2.24) is 4.90 Å². The summed E-state index contributed by atoms with van der Waals surface area (Å²) in [7, 11) is 0. The van der Waals surface area contributed by atoms with Crippen molar-refractivity contribution in [2.24, 2.45) is 11.7 Å². The number of halogens is 3. The predicted molar refractivity (Wildman–Crippen MR) is 63.0 cm³/mol. The molecule has 0 aromatic heterocycles. The zero-order valence-corrected chi connectivity index (χ0v) is 10.9. The molecule has 0 heterocycles. The van der Waals surface area contributed by atoms with Crippen LogP contribution in [0.5, 0.6) is 0 Å². The summed E-state index contributed by atoms with van der Waals surface area (Å²) >= 11 is 0. The molecule has 1 saturated carbocycles. The summed E-state index contributed by atoms with van der Waals surface area (Å²) in [5.41, 5.74) is 5.10. The molecule has 0 saturated heterocycles. The van der Waals surface area contributed by atoms with Gasteiger partial charge in [0.1, 0.15) is 6.54 Å². The number of nitrogens with zero attached hydrogens (tertiary/aromatic N) is 1. The van der Waals surface area contributed by atoms with Gasteiger partial charge in [-0.3, -0.25) is 9.59 Å². The number of carbonyl (C=O) groups is 2. The van der Waals surface area contributed by atoms with Gasteiger partial charge in [0, 0.05) is 19.4 Å². The number of carbonyl (C=O) groups excluding carboxylic acids is 2. The zero-order valence-electron chi connectivity index (χ0n) is 10.9. The third-order valence-electron chi connectivity index (χ3n) is 3.50. The first-order chi connectivity index (χ1) is 8.69. The van der Waals surface area contributed by atoms with Crippen LogP contribution in [0.1, 0.15) is 39.0 Å². The molecule has 1 rings (SSSR count). The van der Waals surface area contributed by atoms with Crippen molar-refractivity contribution in [3.63, 3.8) is 0 Å². The Morgan fingerprint density at radius 2 is 1.74 bits per heavy atom. The zero-order chi connectivity index (χ0) is 14.6. The molecule has 0 aromatic rings. The van der Waals surface area contributed by atoms with Crippen molar-refractivity contribution < 1.29 is 22.8 Å². The van der Waals surface area contributed by atoms with Gasteiger partial charge in [0.2, 0.25) is 11.8 Å². The van der Waals surface area contributed by atoms with Crippen molar-refractivity contribution in [3.05, 3.63) is 0 Å². The molecule has 0 atom stereocenters. The van der Waals surface area contributed by atoms with Crippen LogP contribution in [0, 0.1) is 5.92 Å². The van der Waals surface area contributed by atoms with E-state index in [-0.39, 0.29) is 24.3 Å². The van der Waals surface area contributed by atoms with E-state index in [9.17, 15) is 22.8 Å². The lowest BCUT2D eigenvalue weighted by Gasteiger charge is -2.36. The molecule has 1 aliphatic rings. The number of nitrogens with two attached hydrogens (primary N) is 1. The minimum absolute atomic E-state index is 0.133. The van der Waals surface area contributed by atoms with Gasteiger partial charge in [0.15, 0.2) is 0 Å². The Morgan fingerprint density at radius 3 is 2.11 bits per heavy atom. The highest BCUT2D eigenvalue weighted by molar-refractivity contribution is 5.74. The molecule has 0 bridgehead atoms. The van der Waals surface area contributed by atoms with Gasteiger partial charge in [0.05, 0.1) is 0 Å². The van der Waals surface area contributed by atoms with E-state index in [4.69, 9.17) is 5.73 Å². The first-order valence-electron chi connectivity index (χ1n) is 6.31. The second-order valence-corrected chi connectivity index (χ2v) is 5.11. The van der Waals surface area contributed by atoms with E-state index < -0.39 is 18.6 Å². The molecule has 1 fully saturated rings. The van der Waals surface area contributed by atoms with Gasteiger partial charge in [0.25, 0.3) is 0 Å². The summed E-state index contributed by atoms with van der Waals surface area (Å²) in [6.07, 6.45) is -1.85. The van der Waals surface area contributed by atoms with E-state index in [0.29, 0.717) is 25.7 Å². The molecule has 7 heteroatoms. The van der Waals surface area contributed by atoms with E-state index >= 15 is 0 Å². The molecule has 4 nitrogen and oxygen atoms in total. The maximum Gasteiger partial charge on any atom is 0.406 e. The normalized spacial score (nSPS) is 24.0. The number of hydrogen-bond acceptors (Lipinski definition) is 2. The molecular weight excluding hydrogens is 261 g/mol. The van der Waals surface area contributed by atoms with Crippen LogP contribution in [0.15, 0.2) is 0 Å². The van der Waals surface area contributed by atoms with Gasteiger partial charge in [-0.05, 0) is 31.6 Å². The SMILES string of the molecule is CC(=O)N(CC(F)(F)F)[C@H]1CC[C@H](CC(N)=O)CC1. The molecule has 2 amide bonds. The van der Waals surface area contributed by atoms with Crippen molar-refractivity contribution >= 4 is 11.8 Å². The quantitative estimate of drug-likeness (QED) is 0.854. The summed E-state index contributed by atoms with van der Waals surface area (Å²) in [5.74, 6) is -0.814. The van der Waals surface area contributed by atoms with Crippen LogP contribution in [0.3, 0.4) is 0 Å². The standard InChI is InChI=1S/C12H19F3N2O2/c1-8(18)17(7-12(13,14)15)10-4-2-9(3-5-10)6-11(16)19/h9-10H,2-7H2,1H3,(H2,16,19)/t9-,10-. The molecular formula is C12H19F3N2O2. The fraction of sp³-hybridized carbons (Fsp3) is 0.833. The van der Waals surface area contributed by atoms with E-state index in [2.05, 4.69) is 0 Å². The molecule has 0 aliphatic heterocycles. The van der Waals surface area contributed by atoms with Gasteiger partial charge in [-0.15, -0.1) is 0 Å². The van der Waals surface area contributed by atoms with Gasteiger partial charge in [-0.25, -0.2) is 0 Å². The van der Waals surface area contributed by atoms with E-state index in [0.717, 1.165) is 11.8 Å². The van der Waals surface area contributed by atoms with Crippen LogP contribution in [0.4, 0.5) is 13.2 Å². The fourth-order valence-corrected chi connectivity index (χ4v) is 2.64. The Bertz CT molecular complexity index is 336. The summed E-state index contributed by atoms with van der Waals surface area (Å²) in [6.45, 7) is -0.0469. The smallest absolute Gasteiger partial charge is 0.370 e. The van der Waals surface area contributed by atoms with E-state index in [1.807, 2.05) is 0 Å². The minimum Gasteiger partial charge on any atom is -0.370 e. The van der Waals surface area contributed by atoms with Crippen LogP contribution < -0.4 is 5.73 Å². The first-order valence-corrected chi connectivity index (χ1v) is 6.31. The molecule has 0 radical (unpaired) electrons. The van der Waals surface area contributed by atoms with Crippen molar-refractivity contribution in [1.29, 1.82) is 0 Å². The van der Waals surface area contributed by atoms with Crippen molar-refractivity contribution in [3.8, 4) is 0 Å². The maximum atomic E-state index is 12.4. The van der Waals surface area contributed by atoms with Gasteiger partial charge < -0.3 is 10.6 Å². The lowest BCUT2D eigenvalue weighted by Crippen LogP contribution is -2.46. The summed E-state index contributed by atoms with van der Waals surface area (Å²) in [6, 6.07) is -0.386. The number of alkyl halides is 3. The monoisotopic (exact) mass is 280 g/mol. The molecule has 1 aliphatic carbocycles. The Hall–Kier alpha value is -1.27. The van der Waals surface area contributed by atoms with Gasteiger partial charge in [-0.2, -0.15) is 13.2 Å². The molecule has 0 unspecified atom stereocenters. The molecule has 19 heavy (non-hydrogen) atoms. The van der Waals surface area contributed by atoms with Crippen molar-refractivity contribution in [2.75, 3.05) is 6.54 Å². The van der Waals surface area contributed by atoms with E-state index in [1.165, 1.54) is 0 Å². The predicted octanol–water partition coefficient (Wildman–Crippen LogP) is 1.83. The van der Waals surface area contributed by atoms with Crippen LogP contribution >= 0.6 is 0 Å². The summed E-state index contributed by atoms with van der Waals surface area (Å²) in [4.78, 5) is 23.0. The highest BCUT2D eigenvalue weighted by Gasteiger charge is 2.36. The Morgan fingerprint density at radius 1 is 1.21 bits per heavy atom. The average Bonchev–Trinajstić information content (AvgIpc) is 2.25. The average molecular weight is 280 g/mol. The van der Waals surface area contributed by atoms with Gasteiger partial charge in [-0.1, -0.05) is 0 Å². The lowest BCUT2D eigenvalue weighted by atomic mass is 9.83. The third kappa shape index (κ3) is 5.48. The number of rotatable bonds is 4. The second kappa shape index (κ2) is 6.25. The van der Waals surface area contributed by atoms with Crippen LogP contribution in [-0.2, 0) is 9.59 Å². The van der Waals surface area contributed by atoms with Crippen LogP contribution in [-0.4, -0.2) is 35.5 Å². The second-order valence-electron chi connectivity index (χ2n) is 5.11. The highest BCUT2D eigenvalue weighted by atomic mass is 19.4. The maximum absolute atomic E-state index is 12.4. The van der Waals surface area contributed by atoms with Crippen LogP contribution in [0.2, 0.25) is 0 Å². The lowest BCUT2D eigenvalue weighted by molar-refractivity contribution is -0.166. The third-order valence-corrected chi connectivity index (χ3v) is 3.50. The van der Waals surface area contributed by atoms with Crippen molar-refractivity contribution in [2.45, 2.75) is 51.2 Å². The largest absolute Gasteiger partial charge is 0.406 e. The Labute approximate surface area is 110 Å². The van der Waals surface area contributed by atoms with E-state index in [1.54, 1.807) is 0 Å². The summed E-state index contributed by atoms with van der Waals surface area (Å²) in [5, 5.41) is 0. The highest BCUT2D eigenvalue weighted by Crippen LogP contribution is 2.31. The molecule has 110 valence electrons. The minimum atomic E-state index is -4.38. The summed E-state index contributed by atoms with van der Waals surface area (Å²) < 4.78 is 37.2. The molecule has 2 N–H and O–H groups in total. The fourth-order valence-electron chi connectivity index (χ4n) is 2.64. The first kappa shape index (κ1) is 15.8. The number of amides is 2. The Kier molecular flexibility index (Phi) is 5.20.